The zero-order valence-electron chi connectivity index (χ0n) is 14.5. The van der Waals surface area contributed by atoms with Gasteiger partial charge in [0.05, 0.1) is 11.4 Å². The van der Waals surface area contributed by atoms with Crippen molar-refractivity contribution in [1.29, 1.82) is 0 Å². The van der Waals surface area contributed by atoms with Gasteiger partial charge in [0.25, 0.3) is 0 Å². The molecule has 0 unspecified atom stereocenters. The Labute approximate surface area is 159 Å². The van der Waals surface area contributed by atoms with Crippen molar-refractivity contribution in [3.05, 3.63) is 77.3 Å². The molecule has 0 aromatic heterocycles. The number of aryl methyl sites for hydroxylation is 1. The van der Waals surface area contributed by atoms with Gasteiger partial charge < -0.3 is 5.32 Å². The van der Waals surface area contributed by atoms with Crippen molar-refractivity contribution < 1.29 is 13.2 Å². The second kappa shape index (κ2) is 8.98. The van der Waals surface area contributed by atoms with Crippen LogP contribution in [0.5, 0.6) is 0 Å². The van der Waals surface area contributed by atoms with Crippen LogP contribution in [0, 0.1) is 6.92 Å². The first-order chi connectivity index (χ1) is 12.3. The Kier molecular flexibility index (Phi) is 6.97. The van der Waals surface area contributed by atoms with Gasteiger partial charge in [-0.25, -0.2) is 8.42 Å². The Balaban J connectivity index is 2.35. The lowest BCUT2D eigenvalue weighted by atomic mass is 10.2. The minimum Gasteiger partial charge on any atom is -0.351 e. The molecule has 5 nitrogen and oxygen atoms in total. The van der Waals surface area contributed by atoms with Crippen molar-refractivity contribution in [2.24, 2.45) is 0 Å². The number of benzene rings is 2. The number of halogens is 1. The molecule has 1 amide bonds. The number of rotatable bonds is 8. The summed E-state index contributed by atoms with van der Waals surface area (Å²) in [6.45, 7) is 5.36. The number of carbonyl (C=O) groups excluding carboxylic acids is 1. The third kappa shape index (κ3) is 5.17. The second-order valence-electron chi connectivity index (χ2n) is 5.77. The van der Waals surface area contributed by atoms with E-state index in [2.05, 4.69) is 11.9 Å². The molecule has 0 atom stereocenters. The van der Waals surface area contributed by atoms with Crippen LogP contribution in [0.3, 0.4) is 0 Å². The first-order valence-corrected chi connectivity index (χ1v) is 9.84. The standard InChI is InChI=1S/C19H21ClN2O3S/c1-3-12-21-19(23)14-22(13-16-6-4-5-7-18(16)20)26(24,25)17-10-8-15(2)9-11-17/h3-11H,1,12-14H2,2H3,(H,21,23). The Morgan fingerprint density at radius 1 is 1.19 bits per heavy atom. The highest BCUT2D eigenvalue weighted by atomic mass is 35.5. The fraction of sp³-hybridized carbons (Fsp3) is 0.211. The topological polar surface area (TPSA) is 66.5 Å². The summed E-state index contributed by atoms with van der Waals surface area (Å²) in [6.07, 6.45) is 1.53. The van der Waals surface area contributed by atoms with Crippen molar-refractivity contribution in [2.75, 3.05) is 13.1 Å². The van der Waals surface area contributed by atoms with Crippen molar-refractivity contribution in [3.63, 3.8) is 0 Å². The number of hydrogen-bond acceptors (Lipinski definition) is 3. The normalized spacial score (nSPS) is 11.3. The summed E-state index contributed by atoms with van der Waals surface area (Å²) in [7, 11) is -3.86. The third-order valence-corrected chi connectivity index (χ3v) is 5.90. The van der Waals surface area contributed by atoms with Gasteiger partial charge in [0.1, 0.15) is 0 Å². The molecule has 0 aliphatic carbocycles. The zero-order chi connectivity index (χ0) is 19.2. The van der Waals surface area contributed by atoms with Crippen LogP contribution in [0.25, 0.3) is 0 Å². The predicted molar refractivity (Wildman–Crippen MR) is 103 cm³/mol. The van der Waals surface area contributed by atoms with E-state index in [0.29, 0.717) is 10.6 Å². The van der Waals surface area contributed by atoms with E-state index in [1.165, 1.54) is 18.2 Å². The maximum absolute atomic E-state index is 13.1. The van der Waals surface area contributed by atoms with E-state index in [-0.39, 0.29) is 24.5 Å². The number of nitrogens with one attached hydrogen (secondary N) is 1. The van der Waals surface area contributed by atoms with Gasteiger partial charge in [-0.3, -0.25) is 4.79 Å². The molecule has 0 bridgehead atoms. The van der Waals surface area contributed by atoms with Crippen LogP contribution >= 0.6 is 11.6 Å². The summed E-state index contributed by atoms with van der Waals surface area (Å²) in [5.41, 5.74) is 1.58. The van der Waals surface area contributed by atoms with Crippen LogP contribution in [0.2, 0.25) is 5.02 Å². The highest BCUT2D eigenvalue weighted by molar-refractivity contribution is 7.89. The molecule has 0 aliphatic heterocycles. The summed E-state index contributed by atoms with van der Waals surface area (Å²) in [5, 5.41) is 3.05. The van der Waals surface area contributed by atoms with E-state index in [1.807, 2.05) is 6.92 Å². The van der Waals surface area contributed by atoms with Gasteiger partial charge in [0, 0.05) is 18.1 Å². The van der Waals surface area contributed by atoms with Crippen LogP contribution in [-0.4, -0.2) is 31.7 Å². The molecule has 0 saturated heterocycles. The van der Waals surface area contributed by atoms with Gasteiger partial charge in [-0.1, -0.05) is 53.6 Å². The van der Waals surface area contributed by atoms with Crippen LogP contribution in [0.1, 0.15) is 11.1 Å². The number of carbonyl (C=O) groups is 1. The smallest absolute Gasteiger partial charge is 0.243 e. The molecular formula is C19H21ClN2O3S. The van der Waals surface area contributed by atoms with E-state index < -0.39 is 15.9 Å². The molecule has 1 N–H and O–H groups in total. The highest BCUT2D eigenvalue weighted by Gasteiger charge is 2.27. The molecule has 138 valence electrons. The van der Waals surface area contributed by atoms with E-state index in [1.54, 1.807) is 36.4 Å². The molecule has 0 heterocycles. The maximum atomic E-state index is 13.1. The van der Waals surface area contributed by atoms with Crippen molar-refractivity contribution in [1.82, 2.24) is 9.62 Å². The zero-order valence-corrected chi connectivity index (χ0v) is 16.1. The third-order valence-electron chi connectivity index (χ3n) is 3.73. The molecule has 0 saturated carbocycles. The maximum Gasteiger partial charge on any atom is 0.243 e. The average molecular weight is 393 g/mol. The number of nitrogens with zero attached hydrogens (tertiary/aromatic N) is 1. The lowest BCUT2D eigenvalue weighted by molar-refractivity contribution is -0.121. The summed E-state index contributed by atoms with van der Waals surface area (Å²) in [4.78, 5) is 12.3. The number of hydrogen-bond donors (Lipinski definition) is 1. The quantitative estimate of drug-likeness (QED) is 0.702. The Morgan fingerprint density at radius 3 is 2.46 bits per heavy atom. The Bertz CT molecular complexity index is 880. The molecule has 7 heteroatoms. The lowest BCUT2D eigenvalue weighted by Gasteiger charge is -2.22. The Hall–Kier alpha value is -2.15. The Morgan fingerprint density at radius 2 is 1.85 bits per heavy atom. The van der Waals surface area contributed by atoms with Crippen LogP contribution in [-0.2, 0) is 21.4 Å². The number of amides is 1. The summed E-state index contributed by atoms with van der Waals surface area (Å²) in [6, 6.07) is 13.5. The van der Waals surface area contributed by atoms with Crippen LogP contribution in [0.4, 0.5) is 0 Å². The van der Waals surface area contributed by atoms with Crippen molar-refractivity contribution >= 4 is 27.5 Å². The minimum atomic E-state index is -3.86. The fourth-order valence-corrected chi connectivity index (χ4v) is 3.87. The molecule has 2 aromatic rings. The van der Waals surface area contributed by atoms with Gasteiger partial charge in [-0.2, -0.15) is 4.31 Å². The van der Waals surface area contributed by atoms with Gasteiger partial charge in [-0.05, 0) is 30.7 Å². The summed E-state index contributed by atoms with van der Waals surface area (Å²) < 4.78 is 27.2. The summed E-state index contributed by atoms with van der Waals surface area (Å²) >= 11 is 6.17. The molecule has 0 radical (unpaired) electrons. The van der Waals surface area contributed by atoms with Crippen molar-refractivity contribution in [2.45, 2.75) is 18.4 Å². The van der Waals surface area contributed by atoms with Gasteiger partial charge >= 0.3 is 0 Å². The molecule has 26 heavy (non-hydrogen) atoms. The van der Waals surface area contributed by atoms with Gasteiger partial charge in [0.2, 0.25) is 15.9 Å². The first-order valence-electron chi connectivity index (χ1n) is 8.02. The molecule has 0 spiro atoms. The summed E-state index contributed by atoms with van der Waals surface area (Å²) in [5.74, 6) is -0.410. The lowest BCUT2D eigenvalue weighted by Crippen LogP contribution is -2.40. The molecule has 0 aliphatic rings. The minimum absolute atomic E-state index is 0.00259. The molecule has 0 fully saturated rings. The average Bonchev–Trinajstić information content (AvgIpc) is 2.61. The van der Waals surface area contributed by atoms with E-state index in [9.17, 15) is 13.2 Å². The van der Waals surface area contributed by atoms with Crippen LogP contribution < -0.4 is 5.32 Å². The van der Waals surface area contributed by atoms with E-state index in [0.717, 1.165) is 9.87 Å². The molecule has 2 aromatic carbocycles. The van der Waals surface area contributed by atoms with E-state index >= 15 is 0 Å². The second-order valence-corrected chi connectivity index (χ2v) is 8.12. The highest BCUT2D eigenvalue weighted by Crippen LogP contribution is 2.22. The largest absolute Gasteiger partial charge is 0.351 e. The molecule has 2 rings (SSSR count). The predicted octanol–water partition coefficient (Wildman–Crippen LogP) is 3.14. The van der Waals surface area contributed by atoms with E-state index in [4.69, 9.17) is 11.6 Å². The number of sulfonamides is 1. The van der Waals surface area contributed by atoms with Gasteiger partial charge in [0.15, 0.2) is 0 Å². The van der Waals surface area contributed by atoms with Crippen LogP contribution in [0.15, 0.2) is 66.1 Å². The van der Waals surface area contributed by atoms with Gasteiger partial charge in [-0.15, -0.1) is 6.58 Å². The molecular weight excluding hydrogens is 372 g/mol. The van der Waals surface area contributed by atoms with Crippen molar-refractivity contribution in [3.8, 4) is 0 Å². The SMILES string of the molecule is C=CCNC(=O)CN(Cc1ccccc1Cl)S(=O)(=O)c1ccc(C)cc1. The first kappa shape index (κ1) is 20.2. The monoisotopic (exact) mass is 392 g/mol. The fourth-order valence-electron chi connectivity index (χ4n) is 2.30.